The van der Waals surface area contributed by atoms with Gasteiger partial charge in [0.05, 0.1) is 6.42 Å². The Balaban J connectivity index is 1.34. The van der Waals surface area contributed by atoms with Crippen LogP contribution in [0.15, 0.2) is 48.7 Å². The molecule has 2 amide bonds. The van der Waals surface area contributed by atoms with E-state index >= 15 is 0 Å². The molecule has 0 unspecified atom stereocenters. The number of pyridine rings is 1. The highest BCUT2D eigenvalue weighted by atomic mass is 16.2. The lowest BCUT2D eigenvalue weighted by atomic mass is 10.1. The van der Waals surface area contributed by atoms with Crippen molar-refractivity contribution in [3.8, 4) is 0 Å². The molecule has 1 aliphatic heterocycles. The molecule has 6 heteroatoms. The number of nitrogens with one attached hydrogen (secondary N) is 2. The van der Waals surface area contributed by atoms with Gasteiger partial charge in [-0.1, -0.05) is 49.2 Å². The van der Waals surface area contributed by atoms with Gasteiger partial charge in [-0.15, -0.1) is 0 Å². The Kier molecular flexibility index (Phi) is 8.04. The second-order valence-corrected chi connectivity index (χ2v) is 7.46. The molecule has 1 aromatic heterocycles. The molecule has 0 saturated carbocycles. The second-order valence-electron chi connectivity index (χ2n) is 7.46. The molecule has 2 aromatic rings. The summed E-state index contributed by atoms with van der Waals surface area (Å²) in [5.41, 5.74) is 1.94. The Labute approximate surface area is 172 Å². The minimum atomic E-state index is -0.0818. The van der Waals surface area contributed by atoms with Gasteiger partial charge in [-0.2, -0.15) is 0 Å². The molecule has 2 N–H and O–H groups in total. The molecular formula is C23H30N4O2. The summed E-state index contributed by atoms with van der Waals surface area (Å²) in [6.07, 6.45) is 7.48. The normalized spacial score (nSPS) is 14.1. The Morgan fingerprint density at radius 2 is 1.62 bits per heavy atom. The summed E-state index contributed by atoms with van der Waals surface area (Å²) in [6.45, 7) is 2.92. The topological polar surface area (TPSA) is 74.3 Å². The zero-order valence-electron chi connectivity index (χ0n) is 16.9. The van der Waals surface area contributed by atoms with E-state index < -0.39 is 0 Å². The van der Waals surface area contributed by atoms with Crippen LogP contribution in [-0.2, 0) is 22.6 Å². The fourth-order valence-electron chi connectivity index (χ4n) is 3.46. The minimum Gasteiger partial charge on any atom is -0.357 e. The van der Waals surface area contributed by atoms with Crippen molar-refractivity contribution in [1.29, 1.82) is 0 Å². The average molecular weight is 395 g/mol. The lowest BCUT2D eigenvalue weighted by Gasteiger charge is -2.21. The first kappa shape index (κ1) is 20.8. The molecule has 29 heavy (non-hydrogen) atoms. The van der Waals surface area contributed by atoms with E-state index in [9.17, 15) is 9.59 Å². The van der Waals surface area contributed by atoms with Gasteiger partial charge in [-0.05, 0) is 30.0 Å². The number of rotatable bonds is 8. The molecule has 0 radical (unpaired) electrons. The number of aromatic nitrogens is 1. The van der Waals surface area contributed by atoms with Crippen LogP contribution in [0.4, 0.5) is 5.82 Å². The summed E-state index contributed by atoms with van der Waals surface area (Å²) in [5, 5.41) is 5.68. The Morgan fingerprint density at radius 1 is 0.862 bits per heavy atom. The van der Waals surface area contributed by atoms with Crippen LogP contribution in [0.25, 0.3) is 0 Å². The lowest BCUT2D eigenvalue weighted by Crippen LogP contribution is -2.31. The van der Waals surface area contributed by atoms with Gasteiger partial charge in [0.25, 0.3) is 0 Å². The summed E-state index contributed by atoms with van der Waals surface area (Å²) in [7, 11) is 0. The molecule has 0 bridgehead atoms. The van der Waals surface area contributed by atoms with Crippen molar-refractivity contribution >= 4 is 17.6 Å². The first-order valence-corrected chi connectivity index (χ1v) is 10.5. The zero-order valence-corrected chi connectivity index (χ0v) is 16.9. The van der Waals surface area contributed by atoms with Crippen molar-refractivity contribution in [1.82, 2.24) is 15.6 Å². The Hall–Kier alpha value is -2.89. The van der Waals surface area contributed by atoms with Crippen molar-refractivity contribution in [2.75, 3.05) is 24.5 Å². The molecule has 0 spiro atoms. The standard InChI is InChI=1S/C23H30N4O2/c28-22(12-13-24-23(29)16-19-8-4-3-5-9-19)26-18-20-10-11-21(25-17-20)27-14-6-1-2-7-15-27/h3-5,8-11,17H,1-2,6-7,12-16,18H2,(H,24,29)(H,26,28). The quantitative estimate of drug-likeness (QED) is 0.722. The third kappa shape index (κ3) is 7.22. The van der Waals surface area contributed by atoms with Crippen LogP contribution in [0.1, 0.15) is 43.2 Å². The molecule has 3 rings (SSSR count). The highest BCUT2D eigenvalue weighted by molar-refractivity contribution is 5.80. The predicted molar refractivity (Wildman–Crippen MR) is 115 cm³/mol. The fraction of sp³-hybridized carbons (Fsp3) is 0.435. The number of amides is 2. The summed E-state index contributed by atoms with van der Waals surface area (Å²) in [5.74, 6) is 0.863. The molecule has 1 aromatic carbocycles. The van der Waals surface area contributed by atoms with Crippen LogP contribution >= 0.6 is 0 Å². The van der Waals surface area contributed by atoms with E-state index in [0.29, 0.717) is 19.5 Å². The maximum Gasteiger partial charge on any atom is 0.224 e. The molecule has 1 aliphatic rings. The van der Waals surface area contributed by atoms with Crippen LogP contribution < -0.4 is 15.5 Å². The number of anilines is 1. The van der Waals surface area contributed by atoms with Crippen molar-refractivity contribution < 1.29 is 9.59 Å². The van der Waals surface area contributed by atoms with E-state index in [-0.39, 0.29) is 18.2 Å². The van der Waals surface area contributed by atoms with Crippen LogP contribution in [0.3, 0.4) is 0 Å². The molecule has 0 atom stereocenters. The number of hydrogen-bond acceptors (Lipinski definition) is 4. The molecule has 1 fully saturated rings. The summed E-state index contributed by atoms with van der Waals surface area (Å²) < 4.78 is 0. The van der Waals surface area contributed by atoms with Crippen molar-refractivity contribution in [3.05, 3.63) is 59.8 Å². The fourth-order valence-corrected chi connectivity index (χ4v) is 3.46. The van der Waals surface area contributed by atoms with E-state index in [1.807, 2.05) is 48.7 Å². The van der Waals surface area contributed by atoms with E-state index in [0.717, 1.165) is 30.0 Å². The molecule has 154 valence electrons. The number of benzene rings is 1. The van der Waals surface area contributed by atoms with Crippen molar-refractivity contribution in [3.63, 3.8) is 0 Å². The van der Waals surface area contributed by atoms with Crippen LogP contribution in [0.2, 0.25) is 0 Å². The van der Waals surface area contributed by atoms with Gasteiger partial charge >= 0.3 is 0 Å². The first-order chi connectivity index (χ1) is 14.2. The third-order valence-corrected chi connectivity index (χ3v) is 5.11. The summed E-state index contributed by atoms with van der Waals surface area (Å²) in [4.78, 5) is 30.8. The van der Waals surface area contributed by atoms with Gasteiger partial charge in [0.2, 0.25) is 11.8 Å². The van der Waals surface area contributed by atoms with Gasteiger partial charge in [0.15, 0.2) is 0 Å². The minimum absolute atomic E-state index is 0.0719. The summed E-state index contributed by atoms with van der Waals surface area (Å²) in [6, 6.07) is 13.6. The molecule has 2 heterocycles. The second kappa shape index (κ2) is 11.2. The highest BCUT2D eigenvalue weighted by Gasteiger charge is 2.11. The number of nitrogens with zero attached hydrogens (tertiary/aromatic N) is 2. The van der Waals surface area contributed by atoms with Crippen molar-refractivity contribution in [2.45, 2.75) is 45.1 Å². The van der Waals surface area contributed by atoms with Crippen LogP contribution in [-0.4, -0.2) is 36.4 Å². The predicted octanol–water partition coefficient (Wildman–Crippen LogP) is 2.83. The SMILES string of the molecule is O=C(CCNC(=O)Cc1ccccc1)NCc1ccc(N2CCCCCC2)nc1. The van der Waals surface area contributed by atoms with Gasteiger partial charge in [0, 0.05) is 38.8 Å². The molecular weight excluding hydrogens is 364 g/mol. The van der Waals surface area contributed by atoms with Crippen LogP contribution in [0.5, 0.6) is 0 Å². The van der Waals surface area contributed by atoms with Gasteiger partial charge < -0.3 is 15.5 Å². The number of carbonyl (C=O) groups excluding carboxylic acids is 2. The third-order valence-electron chi connectivity index (χ3n) is 5.11. The van der Waals surface area contributed by atoms with Gasteiger partial charge in [-0.25, -0.2) is 4.98 Å². The van der Waals surface area contributed by atoms with Crippen LogP contribution in [0, 0.1) is 0 Å². The molecule has 1 saturated heterocycles. The zero-order chi connectivity index (χ0) is 20.3. The maximum absolute atomic E-state index is 12.0. The molecule has 6 nitrogen and oxygen atoms in total. The molecule has 0 aliphatic carbocycles. The van der Waals surface area contributed by atoms with Crippen molar-refractivity contribution in [2.24, 2.45) is 0 Å². The first-order valence-electron chi connectivity index (χ1n) is 10.5. The monoisotopic (exact) mass is 394 g/mol. The smallest absolute Gasteiger partial charge is 0.224 e. The highest BCUT2D eigenvalue weighted by Crippen LogP contribution is 2.17. The van der Waals surface area contributed by atoms with E-state index in [4.69, 9.17) is 0 Å². The number of carbonyl (C=O) groups is 2. The summed E-state index contributed by atoms with van der Waals surface area (Å²) >= 11 is 0. The van der Waals surface area contributed by atoms with E-state index in [1.165, 1.54) is 25.7 Å². The average Bonchev–Trinajstić information content (AvgIpc) is 3.03. The van der Waals surface area contributed by atoms with Gasteiger partial charge in [0.1, 0.15) is 5.82 Å². The van der Waals surface area contributed by atoms with Gasteiger partial charge in [-0.3, -0.25) is 9.59 Å². The number of hydrogen-bond donors (Lipinski definition) is 2. The largest absolute Gasteiger partial charge is 0.357 e. The van der Waals surface area contributed by atoms with E-state index in [2.05, 4.69) is 20.5 Å². The lowest BCUT2D eigenvalue weighted by molar-refractivity contribution is -0.122. The van der Waals surface area contributed by atoms with E-state index in [1.54, 1.807) is 0 Å². The Bertz CT molecular complexity index is 769. The maximum atomic E-state index is 12.0. The Morgan fingerprint density at radius 3 is 2.31 bits per heavy atom.